The number of nitrogens with one attached hydrogen (secondary N) is 2. The minimum atomic E-state index is 0.0716. The molecule has 20 heavy (non-hydrogen) atoms. The van der Waals surface area contributed by atoms with E-state index in [1.807, 2.05) is 0 Å². The number of hydrogen-bond donors (Lipinski definition) is 2. The van der Waals surface area contributed by atoms with Gasteiger partial charge in [0, 0.05) is 6.54 Å². The van der Waals surface area contributed by atoms with E-state index < -0.39 is 0 Å². The number of hydrogen-bond acceptors (Lipinski definition) is 2. The van der Waals surface area contributed by atoms with Crippen LogP contribution in [-0.2, 0) is 4.79 Å². The first-order chi connectivity index (χ1) is 9.84. The van der Waals surface area contributed by atoms with Gasteiger partial charge in [-0.1, -0.05) is 64.7 Å². The van der Waals surface area contributed by atoms with Gasteiger partial charge in [-0.3, -0.25) is 4.79 Å². The molecule has 1 unspecified atom stereocenters. The summed E-state index contributed by atoms with van der Waals surface area (Å²) in [6, 6.07) is 0.0716. The molecule has 3 heteroatoms. The van der Waals surface area contributed by atoms with Crippen molar-refractivity contribution in [2.75, 3.05) is 13.1 Å². The van der Waals surface area contributed by atoms with Crippen LogP contribution in [0.5, 0.6) is 0 Å². The normalized spacial score (nSPS) is 19.1. The summed E-state index contributed by atoms with van der Waals surface area (Å²) >= 11 is 0. The molecule has 0 aromatic carbocycles. The van der Waals surface area contributed by atoms with Gasteiger partial charge in [-0.15, -0.1) is 0 Å². The van der Waals surface area contributed by atoms with E-state index in [2.05, 4.69) is 17.6 Å². The van der Waals surface area contributed by atoms with Gasteiger partial charge in [0.05, 0.1) is 6.04 Å². The Morgan fingerprint density at radius 3 is 2.20 bits per heavy atom. The molecule has 0 saturated carbocycles. The standard InChI is InChI=1S/C17H34N2O/c1-2-3-4-5-6-7-8-9-10-11-14-18-16-13-12-15-19-17(16)20/h16,18H,2-15H2,1H3,(H,19,20). The van der Waals surface area contributed by atoms with Gasteiger partial charge in [-0.25, -0.2) is 0 Å². The minimum absolute atomic E-state index is 0.0716. The van der Waals surface area contributed by atoms with Gasteiger partial charge in [0.2, 0.25) is 5.91 Å². The van der Waals surface area contributed by atoms with E-state index in [0.717, 1.165) is 25.9 Å². The lowest BCUT2D eigenvalue weighted by molar-refractivity contribution is -0.124. The third-order valence-electron chi connectivity index (χ3n) is 4.21. The molecule has 1 aliphatic rings. The van der Waals surface area contributed by atoms with Crippen LogP contribution < -0.4 is 10.6 Å². The van der Waals surface area contributed by atoms with Gasteiger partial charge >= 0.3 is 0 Å². The third kappa shape index (κ3) is 8.57. The van der Waals surface area contributed by atoms with Crippen LogP contribution in [0.1, 0.15) is 84.0 Å². The highest BCUT2D eigenvalue weighted by Crippen LogP contribution is 2.10. The SMILES string of the molecule is CCCCCCCCCCCCNC1CCCNC1=O. The lowest BCUT2D eigenvalue weighted by atomic mass is 10.1. The minimum Gasteiger partial charge on any atom is -0.355 e. The highest BCUT2D eigenvalue weighted by Gasteiger charge is 2.20. The number of rotatable bonds is 12. The second-order valence-electron chi connectivity index (χ2n) is 6.12. The van der Waals surface area contributed by atoms with Crippen LogP contribution in [0, 0.1) is 0 Å². The molecule has 1 heterocycles. The summed E-state index contributed by atoms with van der Waals surface area (Å²) in [6.45, 7) is 4.12. The van der Waals surface area contributed by atoms with E-state index in [9.17, 15) is 4.79 Å². The van der Waals surface area contributed by atoms with E-state index in [1.54, 1.807) is 0 Å². The fourth-order valence-corrected chi connectivity index (χ4v) is 2.86. The Hall–Kier alpha value is -0.570. The van der Waals surface area contributed by atoms with Crippen LogP contribution in [0.15, 0.2) is 0 Å². The zero-order valence-corrected chi connectivity index (χ0v) is 13.4. The molecule has 0 aromatic rings. The second kappa shape index (κ2) is 12.2. The van der Waals surface area contributed by atoms with Gasteiger partial charge in [0.1, 0.15) is 0 Å². The first-order valence-corrected chi connectivity index (χ1v) is 8.85. The van der Waals surface area contributed by atoms with Crippen molar-refractivity contribution in [2.45, 2.75) is 90.0 Å². The first kappa shape index (κ1) is 17.5. The fourth-order valence-electron chi connectivity index (χ4n) is 2.86. The van der Waals surface area contributed by atoms with Gasteiger partial charge in [-0.2, -0.15) is 0 Å². The topological polar surface area (TPSA) is 41.1 Å². The summed E-state index contributed by atoms with van der Waals surface area (Å²) in [4.78, 5) is 11.5. The van der Waals surface area contributed by atoms with Crippen molar-refractivity contribution in [1.29, 1.82) is 0 Å². The molecule has 2 N–H and O–H groups in total. The van der Waals surface area contributed by atoms with E-state index >= 15 is 0 Å². The van der Waals surface area contributed by atoms with Crippen molar-refractivity contribution in [2.24, 2.45) is 0 Å². The van der Waals surface area contributed by atoms with Crippen molar-refractivity contribution >= 4 is 5.91 Å². The number of amides is 1. The number of unbranched alkanes of at least 4 members (excludes halogenated alkanes) is 9. The monoisotopic (exact) mass is 282 g/mol. The predicted molar refractivity (Wildman–Crippen MR) is 85.9 cm³/mol. The van der Waals surface area contributed by atoms with Crippen LogP contribution in [-0.4, -0.2) is 25.0 Å². The highest BCUT2D eigenvalue weighted by molar-refractivity contribution is 5.82. The maximum atomic E-state index is 11.5. The van der Waals surface area contributed by atoms with Crippen molar-refractivity contribution in [3.63, 3.8) is 0 Å². The van der Waals surface area contributed by atoms with Crippen LogP contribution in [0.2, 0.25) is 0 Å². The summed E-state index contributed by atoms with van der Waals surface area (Å²) in [7, 11) is 0. The molecule has 1 amide bonds. The molecule has 1 atom stereocenters. The van der Waals surface area contributed by atoms with Crippen LogP contribution in [0.3, 0.4) is 0 Å². The maximum Gasteiger partial charge on any atom is 0.237 e. The molecule has 1 saturated heterocycles. The van der Waals surface area contributed by atoms with E-state index in [1.165, 1.54) is 64.2 Å². The Morgan fingerprint density at radius 2 is 1.60 bits per heavy atom. The van der Waals surface area contributed by atoms with E-state index in [0.29, 0.717) is 0 Å². The summed E-state index contributed by atoms with van der Waals surface area (Å²) < 4.78 is 0. The quantitative estimate of drug-likeness (QED) is 0.535. The lowest BCUT2D eigenvalue weighted by Gasteiger charge is -2.22. The van der Waals surface area contributed by atoms with Crippen LogP contribution >= 0.6 is 0 Å². The van der Waals surface area contributed by atoms with Crippen molar-refractivity contribution in [1.82, 2.24) is 10.6 Å². The Balaban J connectivity index is 1.79. The zero-order chi connectivity index (χ0) is 14.5. The molecule has 1 aliphatic heterocycles. The Labute approximate surface area is 125 Å². The Morgan fingerprint density at radius 1 is 1.00 bits per heavy atom. The molecule has 0 spiro atoms. The number of carbonyl (C=O) groups excluding carboxylic acids is 1. The molecule has 3 nitrogen and oxygen atoms in total. The Bertz CT molecular complexity index is 243. The van der Waals surface area contributed by atoms with E-state index in [-0.39, 0.29) is 11.9 Å². The molecule has 1 fully saturated rings. The zero-order valence-electron chi connectivity index (χ0n) is 13.4. The average Bonchev–Trinajstić information content (AvgIpc) is 2.46. The third-order valence-corrected chi connectivity index (χ3v) is 4.21. The molecular weight excluding hydrogens is 248 g/mol. The molecule has 0 radical (unpaired) electrons. The number of piperidine rings is 1. The summed E-state index contributed by atoms with van der Waals surface area (Å²) in [6.07, 6.45) is 15.8. The summed E-state index contributed by atoms with van der Waals surface area (Å²) in [5.41, 5.74) is 0. The van der Waals surface area contributed by atoms with Crippen molar-refractivity contribution < 1.29 is 4.79 Å². The van der Waals surface area contributed by atoms with Crippen molar-refractivity contribution in [3.8, 4) is 0 Å². The van der Waals surface area contributed by atoms with Gasteiger partial charge in [-0.05, 0) is 25.8 Å². The average molecular weight is 282 g/mol. The van der Waals surface area contributed by atoms with Gasteiger partial charge in [0.25, 0.3) is 0 Å². The molecule has 118 valence electrons. The lowest BCUT2D eigenvalue weighted by Crippen LogP contribution is -2.48. The smallest absolute Gasteiger partial charge is 0.237 e. The molecule has 0 aromatic heterocycles. The van der Waals surface area contributed by atoms with Gasteiger partial charge < -0.3 is 10.6 Å². The molecule has 0 aliphatic carbocycles. The largest absolute Gasteiger partial charge is 0.355 e. The first-order valence-electron chi connectivity index (χ1n) is 8.85. The molecule has 1 rings (SSSR count). The summed E-state index contributed by atoms with van der Waals surface area (Å²) in [5.74, 6) is 0.198. The second-order valence-corrected chi connectivity index (χ2v) is 6.12. The van der Waals surface area contributed by atoms with E-state index in [4.69, 9.17) is 0 Å². The summed E-state index contributed by atoms with van der Waals surface area (Å²) in [5, 5.41) is 6.30. The Kier molecular flexibility index (Phi) is 10.7. The van der Waals surface area contributed by atoms with Crippen LogP contribution in [0.4, 0.5) is 0 Å². The fraction of sp³-hybridized carbons (Fsp3) is 0.941. The predicted octanol–water partition coefficient (Wildman–Crippen LogP) is 3.78. The molecular formula is C17H34N2O. The van der Waals surface area contributed by atoms with Gasteiger partial charge in [0.15, 0.2) is 0 Å². The highest BCUT2D eigenvalue weighted by atomic mass is 16.2. The van der Waals surface area contributed by atoms with Crippen LogP contribution in [0.25, 0.3) is 0 Å². The van der Waals surface area contributed by atoms with Crippen molar-refractivity contribution in [3.05, 3.63) is 0 Å². The number of carbonyl (C=O) groups is 1. The maximum absolute atomic E-state index is 11.5. The molecule has 0 bridgehead atoms.